The number of hydrogen-bond donors (Lipinski definition) is 2. The molecule has 0 aromatic rings. The van der Waals surface area contributed by atoms with Gasteiger partial charge in [-0.2, -0.15) is 0 Å². The summed E-state index contributed by atoms with van der Waals surface area (Å²) in [7, 11) is 0. The summed E-state index contributed by atoms with van der Waals surface area (Å²) in [5.74, 6) is -1.87. The van der Waals surface area contributed by atoms with E-state index in [9.17, 15) is 9.59 Å². The zero-order valence-electron chi connectivity index (χ0n) is 9.69. The van der Waals surface area contributed by atoms with E-state index in [2.05, 4.69) is 26.3 Å². The molecule has 0 saturated carbocycles. The third-order valence-corrected chi connectivity index (χ3v) is 0.897. The van der Waals surface area contributed by atoms with Gasteiger partial charge < -0.3 is 10.2 Å². The normalized spacial score (nSPS) is 6.88. The first kappa shape index (κ1) is 19.5. The van der Waals surface area contributed by atoms with Gasteiger partial charge in [-0.15, -0.1) is 0 Å². The summed E-state index contributed by atoms with van der Waals surface area (Å²) in [6.45, 7) is 15.9. The number of rotatable bonds is 3. The molecule has 4 nitrogen and oxygen atoms in total. The van der Waals surface area contributed by atoms with Crippen LogP contribution in [0.1, 0.15) is 13.8 Å². The zero-order valence-corrected chi connectivity index (χ0v) is 9.69. The molecule has 0 aromatic heterocycles. The first-order chi connectivity index (χ1) is 7.20. The number of aliphatic carboxylic acids is 2. The largest absolute Gasteiger partial charge is 0.478 e. The maximum absolute atomic E-state index is 9.60. The molecule has 0 aliphatic heterocycles. The van der Waals surface area contributed by atoms with Gasteiger partial charge in [-0.3, -0.25) is 0 Å². The summed E-state index contributed by atoms with van der Waals surface area (Å²) >= 11 is 0. The van der Waals surface area contributed by atoms with Crippen molar-refractivity contribution in [1.82, 2.24) is 0 Å². The van der Waals surface area contributed by atoms with Crippen molar-refractivity contribution in [3.8, 4) is 0 Å². The Labute approximate surface area is 95.9 Å². The zero-order chi connectivity index (χ0) is 13.7. The van der Waals surface area contributed by atoms with Gasteiger partial charge in [0, 0.05) is 11.1 Å². The van der Waals surface area contributed by atoms with Crippen LogP contribution in [0.5, 0.6) is 0 Å². The van der Waals surface area contributed by atoms with E-state index in [0.29, 0.717) is 0 Å². The van der Waals surface area contributed by atoms with Crippen molar-refractivity contribution >= 4 is 11.9 Å². The summed E-state index contributed by atoms with van der Waals surface area (Å²) in [5, 5.41) is 15.8. The second kappa shape index (κ2) is 12.9. The Morgan fingerprint density at radius 3 is 1.00 bits per heavy atom. The van der Waals surface area contributed by atoms with Crippen LogP contribution in [-0.2, 0) is 9.59 Å². The molecule has 0 aromatic carbocycles. The lowest BCUT2D eigenvalue weighted by Gasteiger charge is -1.79. The Hall–Kier alpha value is -2.10. The lowest BCUT2D eigenvalue weighted by molar-refractivity contribution is -0.133. The van der Waals surface area contributed by atoms with Gasteiger partial charge in [-0.25, -0.2) is 9.59 Å². The molecule has 4 heteroatoms. The number of allylic oxidation sites excluding steroid dienone is 2. The Bertz CT molecular complexity index is 233. The van der Waals surface area contributed by atoms with Gasteiger partial charge >= 0.3 is 11.9 Å². The topological polar surface area (TPSA) is 74.6 Å². The molecule has 0 radical (unpaired) electrons. The molecule has 90 valence electrons. The number of carbonyl (C=O) groups is 2. The summed E-state index contributed by atoms with van der Waals surface area (Å²) in [6, 6.07) is 0. The molecule has 0 rings (SSSR count). The van der Waals surface area contributed by atoms with Crippen molar-refractivity contribution in [2.75, 3.05) is 0 Å². The van der Waals surface area contributed by atoms with Crippen LogP contribution in [0.4, 0.5) is 0 Å². The first-order valence-electron chi connectivity index (χ1n) is 4.21. The molecule has 2 N–H and O–H groups in total. The minimum Gasteiger partial charge on any atom is -0.478 e. The van der Waals surface area contributed by atoms with Gasteiger partial charge in [0.2, 0.25) is 0 Å². The average Bonchev–Trinajstić information content (AvgIpc) is 2.18. The molecule has 0 fully saturated rings. The maximum atomic E-state index is 9.60. The van der Waals surface area contributed by atoms with E-state index in [-0.39, 0.29) is 11.1 Å². The van der Waals surface area contributed by atoms with Crippen LogP contribution in [-0.4, -0.2) is 22.2 Å². The molecule has 0 spiro atoms. The highest BCUT2D eigenvalue weighted by atomic mass is 16.4. The van der Waals surface area contributed by atoms with Crippen LogP contribution in [0.2, 0.25) is 0 Å². The van der Waals surface area contributed by atoms with Gasteiger partial charge in [-0.1, -0.05) is 38.5 Å². The quantitative estimate of drug-likeness (QED) is 0.573. The van der Waals surface area contributed by atoms with Crippen molar-refractivity contribution < 1.29 is 19.8 Å². The van der Waals surface area contributed by atoms with E-state index < -0.39 is 11.9 Å². The SMILES string of the molecule is C=C(C)C(=O)O.C=C(C)C(=O)O.C=CC=C. The average molecular weight is 226 g/mol. The first-order valence-corrected chi connectivity index (χ1v) is 4.21. The Balaban J connectivity index is -0.000000162. The van der Waals surface area contributed by atoms with Crippen LogP contribution < -0.4 is 0 Å². The van der Waals surface area contributed by atoms with Gasteiger partial charge in [0.25, 0.3) is 0 Å². The highest BCUT2D eigenvalue weighted by Crippen LogP contribution is 1.81. The van der Waals surface area contributed by atoms with E-state index in [1.54, 1.807) is 12.2 Å². The molecule has 0 aliphatic rings. The third-order valence-electron chi connectivity index (χ3n) is 0.897. The molecule has 0 atom stereocenters. The van der Waals surface area contributed by atoms with Gasteiger partial charge in [0.05, 0.1) is 0 Å². The van der Waals surface area contributed by atoms with E-state index in [1.807, 2.05) is 0 Å². The van der Waals surface area contributed by atoms with Crippen molar-refractivity contribution in [2.24, 2.45) is 0 Å². The predicted molar refractivity (Wildman–Crippen MR) is 65.3 cm³/mol. The van der Waals surface area contributed by atoms with E-state index in [1.165, 1.54) is 13.8 Å². The summed E-state index contributed by atoms with van der Waals surface area (Å²) < 4.78 is 0. The van der Waals surface area contributed by atoms with Crippen LogP contribution >= 0.6 is 0 Å². The number of carboxylic acid groups (broad SMARTS) is 2. The van der Waals surface area contributed by atoms with Crippen LogP contribution in [0.15, 0.2) is 49.6 Å². The van der Waals surface area contributed by atoms with Crippen molar-refractivity contribution in [1.29, 1.82) is 0 Å². The lowest BCUT2D eigenvalue weighted by atomic mass is 10.4. The summed E-state index contributed by atoms with van der Waals surface area (Å²) in [6.07, 6.45) is 3.28. The molecule has 0 bridgehead atoms. The van der Waals surface area contributed by atoms with Crippen LogP contribution in [0, 0.1) is 0 Å². The summed E-state index contributed by atoms with van der Waals surface area (Å²) in [5.41, 5.74) is 0.352. The second-order valence-electron chi connectivity index (χ2n) is 2.64. The fourth-order valence-corrected chi connectivity index (χ4v) is 0. The van der Waals surface area contributed by atoms with Gasteiger partial charge in [-0.05, 0) is 13.8 Å². The smallest absolute Gasteiger partial charge is 0.330 e. The molecule has 0 unspecified atom stereocenters. The fraction of sp³-hybridized carbons (Fsp3) is 0.167. The molecule has 16 heavy (non-hydrogen) atoms. The molecule has 0 amide bonds. The van der Waals surface area contributed by atoms with Gasteiger partial charge in [0.15, 0.2) is 0 Å². The third kappa shape index (κ3) is 29.7. The maximum Gasteiger partial charge on any atom is 0.330 e. The van der Waals surface area contributed by atoms with Crippen LogP contribution in [0.25, 0.3) is 0 Å². The second-order valence-corrected chi connectivity index (χ2v) is 2.64. The molecular formula is C12H18O4. The van der Waals surface area contributed by atoms with Crippen molar-refractivity contribution in [3.63, 3.8) is 0 Å². The number of carboxylic acids is 2. The molecular weight excluding hydrogens is 208 g/mol. The standard InChI is InChI=1S/2C4H6O2.C4H6/c2*1-3(2)4(5)6;1-3-4-2/h2*1H2,2H3,(H,5,6);3-4H,1-2H2. The minimum absolute atomic E-state index is 0.176. The van der Waals surface area contributed by atoms with E-state index in [0.717, 1.165) is 0 Å². The highest BCUT2D eigenvalue weighted by Gasteiger charge is 1.90. The fourth-order valence-electron chi connectivity index (χ4n) is 0. The molecule has 0 heterocycles. The monoisotopic (exact) mass is 226 g/mol. The van der Waals surface area contributed by atoms with Crippen LogP contribution in [0.3, 0.4) is 0 Å². The van der Waals surface area contributed by atoms with Crippen molar-refractivity contribution in [2.45, 2.75) is 13.8 Å². The number of hydrogen-bond acceptors (Lipinski definition) is 2. The molecule has 0 saturated heterocycles. The van der Waals surface area contributed by atoms with Gasteiger partial charge in [0.1, 0.15) is 0 Å². The van der Waals surface area contributed by atoms with Crippen molar-refractivity contribution in [3.05, 3.63) is 49.6 Å². The Morgan fingerprint density at radius 2 is 1.00 bits per heavy atom. The highest BCUT2D eigenvalue weighted by molar-refractivity contribution is 5.85. The minimum atomic E-state index is -0.935. The Kier molecular flexibility index (Phi) is 15.7. The summed E-state index contributed by atoms with van der Waals surface area (Å²) in [4.78, 5) is 19.2. The molecule has 0 aliphatic carbocycles. The van der Waals surface area contributed by atoms with E-state index in [4.69, 9.17) is 10.2 Å². The lowest BCUT2D eigenvalue weighted by Crippen LogP contribution is -1.92. The van der Waals surface area contributed by atoms with E-state index >= 15 is 0 Å². The Morgan fingerprint density at radius 1 is 0.875 bits per heavy atom. The predicted octanol–water partition coefficient (Wildman–Crippen LogP) is 2.65.